The monoisotopic (exact) mass is 252 g/mol. The number of carbonyl (C=O) groups excluding carboxylic acids is 2. The van der Waals surface area contributed by atoms with Crippen LogP contribution in [0.15, 0.2) is 12.2 Å². The van der Waals surface area contributed by atoms with Crippen molar-refractivity contribution in [1.82, 2.24) is 0 Å². The van der Waals surface area contributed by atoms with Crippen molar-refractivity contribution in [3.63, 3.8) is 0 Å². The molecule has 0 bridgehead atoms. The molecule has 0 fully saturated rings. The molecule has 6 nitrogen and oxygen atoms in total. The molecule has 16 heavy (non-hydrogen) atoms. The summed E-state index contributed by atoms with van der Waals surface area (Å²) in [5, 5.41) is 16.6. The van der Waals surface area contributed by atoms with E-state index in [1.165, 1.54) is 0 Å². The number of rotatable bonds is 6. The van der Waals surface area contributed by atoms with E-state index in [-0.39, 0.29) is 88.4 Å². The first-order chi connectivity index (χ1) is 6.70. The minimum atomic E-state index is -0.736. The fraction of sp³-hybridized carbons (Fsp3) is 0.500. The summed E-state index contributed by atoms with van der Waals surface area (Å²) in [5.41, 5.74) is 0. The number of ether oxygens (including phenoxy) is 2. The van der Waals surface area contributed by atoms with E-state index in [1.54, 1.807) is 0 Å². The average molecular weight is 252 g/mol. The Balaban J connectivity index is -0.000000141. The molecule has 0 spiro atoms. The Hall–Kier alpha value is 0.600. The first-order valence-electron chi connectivity index (χ1n) is 3.94. The molecule has 8 heteroatoms. The summed E-state index contributed by atoms with van der Waals surface area (Å²) in [6, 6.07) is 0. The van der Waals surface area contributed by atoms with Gasteiger partial charge >= 0.3 is 71.1 Å². The third-order valence-corrected chi connectivity index (χ3v) is 1.03. The van der Waals surface area contributed by atoms with E-state index in [0.717, 1.165) is 12.2 Å². The molecule has 0 aliphatic heterocycles. The van der Waals surface area contributed by atoms with E-state index in [9.17, 15) is 9.59 Å². The van der Waals surface area contributed by atoms with Gasteiger partial charge in [-0.15, -0.1) is 0 Å². The predicted octanol–water partition coefficient (Wildman–Crippen LogP) is -7.15. The molecule has 0 aromatic heterocycles. The van der Waals surface area contributed by atoms with Gasteiger partial charge in [-0.25, -0.2) is 9.59 Å². The van der Waals surface area contributed by atoms with Crippen LogP contribution >= 0.6 is 0 Å². The van der Waals surface area contributed by atoms with E-state index in [4.69, 9.17) is 10.2 Å². The quantitative estimate of drug-likeness (QED) is 0.277. The second kappa shape index (κ2) is 15.6. The Labute approximate surface area is 141 Å². The molecule has 0 amide bonds. The third-order valence-electron chi connectivity index (χ3n) is 1.03. The summed E-state index contributed by atoms with van der Waals surface area (Å²) in [4.78, 5) is 21.4. The van der Waals surface area contributed by atoms with Gasteiger partial charge in [0.2, 0.25) is 0 Å². The molecule has 2 N–H and O–H groups in total. The fourth-order valence-electron chi connectivity index (χ4n) is 0.525. The van der Waals surface area contributed by atoms with Crippen molar-refractivity contribution in [3.05, 3.63) is 12.2 Å². The average Bonchev–Trinajstić information content (AvgIpc) is 2.20. The number of aliphatic hydroxyl groups excluding tert-OH is 2. The van der Waals surface area contributed by atoms with Gasteiger partial charge in [0, 0.05) is 12.2 Å². The molecule has 0 saturated carbocycles. The van der Waals surface area contributed by atoms with Crippen LogP contribution < -0.4 is 59.1 Å². The Morgan fingerprint density at radius 2 is 1.25 bits per heavy atom. The Bertz CT molecular complexity index is 206. The number of aliphatic hydroxyl groups is 2. The van der Waals surface area contributed by atoms with Gasteiger partial charge < -0.3 is 22.5 Å². The topological polar surface area (TPSA) is 93.1 Å². The van der Waals surface area contributed by atoms with Crippen LogP contribution in [0, 0.1) is 0 Å². The van der Waals surface area contributed by atoms with Crippen molar-refractivity contribution in [2.24, 2.45) is 0 Å². The smallest absolute Gasteiger partial charge is 1.00 e. The van der Waals surface area contributed by atoms with Crippen molar-refractivity contribution >= 4 is 11.9 Å². The zero-order valence-corrected chi connectivity index (χ0v) is 13.5. The molecule has 0 saturated heterocycles. The predicted molar refractivity (Wildman–Crippen MR) is 47.5 cm³/mol. The standard InChI is InChI=1S/C8H12O6.2Na.2H/c9-3-5-13-7(11)1-2-8(12)14-6-4-10;;;;/h1-2,9-10H,3-6H2;;;;/q;2*+1;2*-1/b2-1-;;;;. The SMILES string of the molecule is O=C(/C=C\C(=O)OCCO)OCCO.[H-].[H-].[Na+].[Na+]. The minimum absolute atomic E-state index is 0. The molecule has 0 radical (unpaired) electrons. The van der Waals surface area contributed by atoms with Gasteiger partial charge in [-0.1, -0.05) is 0 Å². The molecular formula is C8H14Na2O6. The van der Waals surface area contributed by atoms with Crippen molar-refractivity contribution in [3.8, 4) is 0 Å². The Kier molecular flexibility index (Phi) is 21.3. The Morgan fingerprint density at radius 1 is 0.938 bits per heavy atom. The van der Waals surface area contributed by atoms with Gasteiger partial charge in [-0.2, -0.15) is 0 Å². The fourth-order valence-corrected chi connectivity index (χ4v) is 0.525. The minimum Gasteiger partial charge on any atom is -1.00 e. The van der Waals surface area contributed by atoms with Crippen LogP contribution in [0.4, 0.5) is 0 Å². The molecule has 84 valence electrons. The summed E-state index contributed by atoms with van der Waals surface area (Å²) >= 11 is 0. The second-order valence-corrected chi connectivity index (χ2v) is 2.12. The number of hydrogen-bond acceptors (Lipinski definition) is 6. The van der Waals surface area contributed by atoms with E-state index in [0.29, 0.717) is 0 Å². The first kappa shape index (κ1) is 21.8. The zero-order valence-electron chi connectivity index (χ0n) is 11.5. The molecule has 0 aromatic carbocycles. The number of hydrogen-bond donors (Lipinski definition) is 2. The van der Waals surface area contributed by atoms with Gasteiger partial charge in [-0.05, 0) is 0 Å². The first-order valence-corrected chi connectivity index (χ1v) is 3.94. The van der Waals surface area contributed by atoms with Gasteiger partial charge in [0.05, 0.1) is 13.2 Å². The van der Waals surface area contributed by atoms with Crippen LogP contribution in [0.3, 0.4) is 0 Å². The molecule has 0 aliphatic rings. The van der Waals surface area contributed by atoms with Crippen LogP contribution in [0.25, 0.3) is 0 Å². The van der Waals surface area contributed by atoms with Gasteiger partial charge in [-0.3, -0.25) is 0 Å². The summed E-state index contributed by atoms with van der Waals surface area (Å²) in [5.74, 6) is -1.47. The molecule has 0 aliphatic carbocycles. The second-order valence-electron chi connectivity index (χ2n) is 2.12. The molecule has 0 atom stereocenters. The van der Waals surface area contributed by atoms with Crippen molar-refractivity contribution in [2.45, 2.75) is 0 Å². The third kappa shape index (κ3) is 14.6. The van der Waals surface area contributed by atoms with E-state index in [1.807, 2.05) is 0 Å². The van der Waals surface area contributed by atoms with Crippen LogP contribution in [0.2, 0.25) is 0 Å². The largest absolute Gasteiger partial charge is 1.00 e. The summed E-state index contributed by atoms with van der Waals surface area (Å²) < 4.78 is 8.83. The van der Waals surface area contributed by atoms with Crippen LogP contribution in [-0.2, 0) is 19.1 Å². The molecule has 0 aromatic rings. The van der Waals surface area contributed by atoms with Crippen LogP contribution in [0.1, 0.15) is 2.85 Å². The van der Waals surface area contributed by atoms with Crippen molar-refractivity contribution in [2.75, 3.05) is 26.4 Å². The van der Waals surface area contributed by atoms with Crippen molar-refractivity contribution < 1.29 is 91.2 Å². The van der Waals surface area contributed by atoms with Gasteiger partial charge in [0.15, 0.2) is 0 Å². The van der Waals surface area contributed by atoms with Crippen LogP contribution in [-0.4, -0.2) is 48.6 Å². The van der Waals surface area contributed by atoms with Gasteiger partial charge in [0.25, 0.3) is 0 Å². The zero-order chi connectivity index (χ0) is 10.8. The Morgan fingerprint density at radius 3 is 1.50 bits per heavy atom. The number of esters is 2. The molecule has 0 unspecified atom stereocenters. The molecule has 0 rings (SSSR count). The maximum atomic E-state index is 10.7. The van der Waals surface area contributed by atoms with E-state index in [2.05, 4.69) is 9.47 Å². The summed E-state index contributed by atoms with van der Waals surface area (Å²) in [7, 11) is 0. The summed E-state index contributed by atoms with van der Waals surface area (Å²) in [6.07, 6.45) is 1.77. The van der Waals surface area contributed by atoms with Gasteiger partial charge in [0.1, 0.15) is 13.2 Å². The van der Waals surface area contributed by atoms with Crippen LogP contribution in [0.5, 0.6) is 0 Å². The molecular weight excluding hydrogens is 238 g/mol. The summed E-state index contributed by atoms with van der Waals surface area (Å²) in [6.45, 7) is -0.771. The maximum Gasteiger partial charge on any atom is 1.00 e. The maximum absolute atomic E-state index is 10.7. The number of carbonyl (C=O) groups is 2. The van der Waals surface area contributed by atoms with E-state index >= 15 is 0 Å². The normalized spacial score (nSPS) is 8.88. The molecule has 0 heterocycles. The van der Waals surface area contributed by atoms with E-state index < -0.39 is 11.9 Å². The van der Waals surface area contributed by atoms with Crippen molar-refractivity contribution in [1.29, 1.82) is 0 Å².